The molecule has 1 N–H and O–H groups in total. The number of ether oxygens (including phenoxy) is 3. The van der Waals surface area contributed by atoms with Gasteiger partial charge in [-0.05, 0) is 30.3 Å². The molecule has 8 heteroatoms. The highest BCUT2D eigenvalue weighted by atomic mass is 35.5. The van der Waals surface area contributed by atoms with E-state index in [-0.39, 0.29) is 0 Å². The van der Waals surface area contributed by atoms with E-state index in [0.29, 0.717) is 38.4 Å². The lowest BCUT2D eigenvalue weighted by Crippen LogP contribution is -2.17. The van der Waals surface area contributed by atoms with E-state index in [4.69, 9.17) is 37.4 Å². The van der Waals surface area contributed by atoms with Crippen LogP contribution in [0.3, 0.4) is 0 Å². The molecule has 0 unspecified atom stereocenters. The second-order valence-electron chi connectivity index (χ2n) is 4.75. The zero-order valence-electron chi connectivity index (χ0n) is 13.8. The molecule has 0 spiro atoms. The third kappa shape index (κ3) is 4.35. The molecule has 2 aromatic rings. The molecule has 0 atom stereocenters. The van der Waals surface area contributed by atoms with Crippen LogP contribution in [0.5, 0.6) is 17.2 Å². The van der Waals surface area contributed by atoms with Crippen LogP contribution in [0.2, 0.25) is 10.0 Å². The molecule has 6 nitrogen and oxygen atoms in total. The Morgan fingerprint density at radius 2 is 1.72 bits per heavy atom. The first-order valence-corrected chi connectivity index (χ1v) is 7.84. The van der Waals surface area contributed by atoms with Gasteiger partial charge in [0.2, 0.25) is 5.75 Å². The van der Waals surface area contributed by atoms with Crippen LogP contribution in [0.15, 0.2) is 35.4 Å². The standard InChI is InChI=1S/C17H16Cl2N2O4/c1-23-14-7-5-11(15(24-2)16(14)25-3)9-20-21-17(22)10-4-6-12(18)13(19)8-10/h4-9H,1-3H3,(H,21,22). The molecule has 1 amide bonds. The van der Waals surface area contributed by atoms with Crippen molar-refractivity contribution in [1.82, 2.24) is 5.43 Å². The molecule has 0 saturated carbocycles. The third-order valence-corrected chi connectivity index (χ3v) is 4.03. The first kappa shape index (κ1) is 18.9. The number of amides is 1. The normalized spacial score (nSPS) is 10.6. The van der Waals surface area contributed by atoms with Crippen molar-refractivity contribution < 1.29 is 19.0 Å². The van der Waals surface area contributed by atoms with Gasteiger partial charge in [0.15, 0.2) is 11.5 Å². The molecule has 25 heavy (non-hydrogen) atoms. The topological polar surface area (TPSA) is 69.2 Å². The monoisotopic (exact) mass is 382 g/mol. The number of hydrogen-bond acceptors (Lipinski definition) is 5. The van der Waals surface area contributed by atoms with Gasteiger partial charge >= 0.3 is 0 Å². The maximum absolute atomic E-state index is 12.1. The number of carbonyl (C=O) groups is 1. The van der Waals surface area contributed by atoms with E-state index in [1.165, 1.54) is 33.6 Å². The molecule has 132 valence electrons. The van der Waals surface area contributed by atoms with E-state index >= 15 is 0 Å². The van der Waals surface area contributed by atoms with Crippen LogP contribution in [-0.2, 0) is 0 Å². The van der Waals surface area contributed by atoms with Gasteiger partial charge in [-0.15, -0.1) is 0 Å². The van der Waals surface area contributed by atoms with Crippen LogP contribution in [-0.4, -0.2) is 33.5 Å². The van der Waals surface area contributed by atoms with Gasteiger partial charge in [-0.1, -0.05) is 23.2 Å². The van der Waals surface area contributed by atoms with Crippen molar-refractivity contribution in [2.24, 2.45) is 5.10 Å². The predicted octanol–water partition coefficient (Wildman–Crippen LogP) is 3.78. The number of nitrogens with zero attached hydrogens (tertiary/aromatic N) is 1. The Hall–Kier alpha value is -2.44. The van der Waals surface area contributed by atoms with Gasteiger partial charge in [-0.3, -0.25) is 4.79 Å². The Kier molecular flexibility index (Phi) is 6.50. The van der Waals surface area contributed by atoms with E-state index in [0.717, 1.165) is 0 Å². The summed E-state index contributed by atoms with van der Waals surface area (Å²) in [5.74, 6) is 0.977. The number of hydrogen-bond donors (Lipinski definition) is 1. The minimum atomic E-state index is -0.422. The van der Waals surface area contributed by atoms with Crippen LogP contribution >= 0.6 is 23.2 Å². The fraction of sp³-hybridized carbons (Fsp3) is 0.176. The van der Waals surface area contributed by atoms with E-state index in [1.807, 2.05) is 0 Å². The van der Waals surface area contributed by atoms with Crippen molar-refractivity contribution in [3.63, 3.8) is 0 Å². The van der Waals surface area contributed by atoms with Gasteiger partial charge in [0.25, 0.3) is 5.91 Å². The van der Waals surface area contributed by atoms with Gasteiger partial charge in [-0.2, -0.15) is 5.10 Å². The highest BCUT2D eigenvalue weighted by Gasteiger charge is 2.14. The lowest BCUT2D eigenvalue weighted by molar-refractivity contribution is 0.0955. The summed E-state index contributed by atoms with van der Waals surface area (Å²) < 4.78 is 15.8. The molecule has 0 aliphatic carbocycles. The minimum Gasteiger partial charge on any atom is -0.493 e. The second-order valence-corrected chi connectivity index (χ2v) is 5.57. The van der Waals surface area contributed by atoms with Crippen molar-refractivity contribution in [3.05, 3.63) is 51.5 Å². The van der Waals surface area contributed by atoms with Gasteiger partial charge < -0.3 is 14.2 Å². The Morgan fingerprint density at radius 3 is 2.32 bits per heavy atom. The van der Waals surface area contributed by atoms with Crippen molar-refractivity contribution in [3.8, 4) is 17.2 Å². The van der Waals surface area contributed by atoms with Crippen molar-refractivity contribution in [2.45, 2.75) is 0 Å². The number of nitrogens with one attached hydrogen (secondary N) is 1. The third-order valence-electron chi connectivity index (χ3n) is 3.29. The average Bonchev–Trinajstić information content (AvgIpc) is 2.62. The molecule has 0 bridgehead atoms. The Balaban J connectivity index is 2.19. The fourth-order valence-electron chi connectivity index (χ4n) is 2.09. The summed E-state index contributed by atoms with van der Waals surface area (Å²) in [7, 11) is 4.54. The highest BCUT2D eigenvalue weighted by Crippen LogP contribution is 2.38. The number of carbonyl (C=O) groups excluding carboxylic acids is 1. The number of methoxy groups -OCH3 is 3. The number of hydrazone groups is 1. The number of halogens is 2. The van der Waals surface area contributed by atoms with E-state index < -0.39 is 5.91 Å². The van der Waals surface area contributed by atoms with E-state index in [1.54, 1.807) is 24.3 Å². The molecular formula is C17H16Cl2N2O4. The maximum atomic E-state index is 12.1. The summed E-state index contributed by atoms with van der Waals surface area (Å²) in [6.45, 7) is 0. The highest BCUT2D eigenvalue weighted by molar-refractivity contribution is 6.42. The Labute approximate surface area is 155 Å². The summed E-state index contributed by atoms with van der Waals surface area (Å²) >= 11 is 11.7. The second kappa shape index (κ2) is 8.60. The van der Waals surface area contributed by atoms with Crippen LogP contribution in [0.25, 0.3) is 0 Å². The largest absolute Gasteiger partial charge is 0.493 e. The van der Waals surface area contributed by atoms with E-state index in [9.17, 15) is 4.79 Å². The van der Waals surface area contributed by atoms with Gasteiger partial charge in [-0.25, -0.2) is 5.43 Å². The van der Waals surface area contributed by atoms with Crippen molar-refractivity contribution in [1.29, 1.82) is 0 Å². The van der Waals surface area contributed by atoms with Crippen LogP contribution < -0.4 is 19.6 Å². The van der Waals surface area contributed by atoms with Gasteiger partial charge in [0.05, 0.1) is 37.6 Å². The lowest BCUT2D eigenvalue weighted by Gasteiger charge is -2.13. The summed E-state index contributed by atoms with van der Waals surface area (Å²) in [5.41, 5.74) is 3.36. The Bertz CT molecular complexity index is 809. The molecule has 0 radical (unpaired) electrons. The first-order valence-electron chi connectivity index (χ1n) is 7.09. The molecule has 0 aliphatic rings. The predicted molar refractivity (Wildman–Crippen MR) is 97.6 cm³/mol. The molecular weight excluding hydrogens is 367 g/mol. The minimum absolute atomic E-state index is 0.292. The van der Waals surface area contributed by atoms with E-state index in [2.05, 4.69) is 10.5 Å². The number of benzene rings is 2. The summed E-state index contributed by atoms with van der Waals surface area (Å²) in [4.78, 5) is 12.1. The molecule has 0 fully saturated rings. The average molecular weight is 383 g/mol. The lowest BCUT2D eigenvalue weighted by atomic mass is 10.2. The quantitative estimate of drug-likeness (QED) is 0.609. The smallest absolute Gasteiger partial charge is 0.271 e. The molecule has 0 heterocycles. The van der Waals surface area contributed by atoms with Crippen LogP contribution in [0, 0.1) is 0 Å². The molecule has 2 rings (SSSR count). The van der Waals surface area contributed by atoms with Crippen molar-refractivity contribution >= 4 is 35.3 Å². The molecule has 0 saturated heterocycles. The zero-order chi connectivity index (χ0) is 18.4. The van der Waals surface area contributed by atoms with Crippen molar-refractivity contribution in [2.75, 3.05) is 21.3 Å². The summed E-state index contributed by atoms with van der Waals surface area (Å²) in [6, 6.07) is 8.00. The maximum Gasteiger partial charge on any atom is 0.271 e. The van der Waals surface area contributed by atoms with Gasteiger partial charge in [0, 0.05) is 11.1 Å². The van der Waals surface area contributed by atoms with Gasteiger partial charge in [0.1, 0.15) is 0 Å². The van der Waals surface area contributed by atoms with Crippen LogP contribution in [0.1, 0.15) is 15.9 Å². The molecule has 0 aromatic heterocycles. The summed E-state index contributed by atoms with van der Waals surface area (Å²) in [6.07, 6.45) is 1.44. The van der Waals surface area contributed by atoms with Crippen LogP contribution in [0.4, 0.5) is 0 Å². The number of rotatable bonds is 6. The fourth-order valence-corrected chi connectivity index (χ4v) is 2.39. The summed E-state index contributed by atoms with van der Waals surface area (Å²) in [5, 5.41) is 4.60. The SMILES string of the molecule is COc1ccc(C=NNC(=O)c2ccc(Cl)c(Cl)c2)c(OC)c1OC. The first-order chi connectivity index (χ1) is 12.0. The molecule has 2 aromatic carbocycles. The Morgan fingerprint density at radius 1 is 1.00 bits per heavy atom. The molecule has 0 aliphatic heterocycles. The zero-order valence-corrected chi connectivity index (χ0v) is 15.3.